The van der Waals surface area contributed by atoms with Gasteiger partial charge in [-0.15, -0.1) is 9.07 Å². The molecule has 3 aromatic rings. The standard InChI is InChI=1S/C29H30F4N4O/c1-4-19(17-27(32)34-2)24-18-37(22-11-14-38-15-12-22)36(3)29(24)23-6-5-7-26(28(23)33)35-13-10-20-16-21(30)8-9-25(20)31/h2,4-9,16-18,22,35H,10-15H2,1,3H3/q+2. The van der Waals surface area contributed by atoms with E-state index in [2.05, 4.69) is 10.2 Å². The topological polar surface area (TPSA) is 34.4 Å². The van der Waals surface area contributed by atoms with Crippen LogP contribution in [-0.4, -0.2) is 24.4 Å². The van der Waals surface area contributed by atoms with Crippen molar-refractivity contribution in [2.24, 2.45) is 7.05 Å². The number of hydrogen-bond donors (Lipinski definition) is 1. The number of ether oxygens (including phenoxy) is 1. The molecule has 1 aliphatic heterocycles. The normalized spacial score (nSPS) is 15.0. The summed E-state index contributed by atoms with van der Waals surface area (Å²) < 4.78 is 66.9. The molecular formula is C29H30F4N4O+2. The van der Waals surface area contributed by atoms with E-state index in [-0.39, 0.29) is 30.3 Å². The van der Waals surface area contributed by atoms with Gasteiger partial charge in [-0.3, -0.25) is 0 Å². The molecule has 38 heavy (non-hydrogen) atoms. The average molecular weight is 527 g/mol. The summed E-state index contributed by atoms with van der Waals surface area (Å²) in [5.41, 5.74) is 2.36. The van der Waals surface area contributed by atoms with E-state index in [9.17, 15) is 13.2 Å². The Morgan fingerprint density at radius 2 is 1.97 bits per heavy atom. The molecule has 0 aliphatic carbocycles. The highest BCUT2D eigenvalue weighted by atomic mass is 19.1. The number of allylic oxidation sites excluding steroid dienone is 3. The number of hydrogen-bond acceptors (Lipinski definition) is 2. The summed E-state index contributed by atoms with van der Waals surface area (Å²) in [6, 6.07) is 8.33. The Kier molecular flexibility index (Phi) is 8.64. The van der Waals surface area contributed by atoms with Gasteiger partial charge in [0.05, 0.1) is 37.6 Å². The van der Waals surface area contributed by atoms with Gasteiger partial charge in [0.1, 0.15) is 17.3 Å². The molecule has 2 aromatic carbocycles. The number of nitrogens with one attached hydrogen (secondary N) is 1. The molecular weight excluding hydrogens is 496 g/mol. The first kappa shape index (κ1) is 27.1. The SMILES string of the molecule is C#[N+]C(F)=CC(=CC)c1c[n+](C2CCOCC2)n(C)c1-c1cccc(NCCc2cc(F)ccc2F)c1F. The first-order chi connectivity index (χ1) is 18.3. The fourth-order valence-corrected chi connectivity index (χ4v) is 4.80. The van der Waals surface area contributed by atoms with Gasteiger partial charge in [0.15, 0.2) is 11.9 Å². The minimum Gasteiger partial charge on any atom is -0.382 e. The third-order valence-corrected chi connectivity index (χ3v) is 6.74. The fraction of sp³-hybridized carbons (Fsp3) is 0.310. The Balaban J connectivity index is 1.72. The molecule has 0 saturated carbocycles. The lowest BCUT2D eigenvalue weighted by Crippen LogP contribution is -2.48. The van der Waals surface area contributed by atoms with Crippen LogP contribution in [0.1, 0.15) is 36.9 Å². The van der Waals surface area contributed by atoms with Crippen molar-refractivity contribution in [3.05, 3.63) is 94.1 Å². The smallest absolute Gasteiger partial charge is 0.382 e. The van der Waals surface area contributed by atoms with Crippen LogP contribution in [0.15, 0.2) is 60.7 Å². The summed E-state index contributed by atoms with van der Waals surface area (Å²) in [6.45, 7) is 8.30. The number of rotatable bonds is 8. The number of anilines is 1. The number of nitrogens with zero attached hydrogens (tertiary/aromatic N) is 3. The third kappa shape index (κ3) is 5.81. The highest BCUT2D eigenvalue weighted by Crippen LogP contribution is 2.35. The van der Waals surface area contributed by atoms with Gasteiger partial charge in [-0.05, 0) is 59.7 Å². The van der Waals surface area contributed by atoms with Gasteiger partial charge < -0.3 is 10.1 Å². The lowest BCUT2D eigenvalue weighted by atomic mass is 10.00. The molecule has 0 radical (unpaired) electrons. The second-order valence-electron chi connectivity index (χ2n) is 9.06. The molecule has 9 heteroatoms. The summed E-state index contributed by atoms with van der Waals surface area (Å²) in [6.07, 6.45) is 6.55. The van der Waals surface area contributed by atoms with E-state index in [1.165, 1.54) is 6.08 Å². The predicted octanol–water partition coefficient (Wildman–Crippen LogP) is 6.58. The number of benzene rings is 2. The molecule has 0 spiro atoms. The second kappa shape index (κ2) is 12.1. The maximum Gasteiger partial charge on any atom is 0.493 e. The van der Waals surface area contributed by atoms with E-state index in [1.807, 2.05) is 22.6 Å². The van der Waals surface area contributed by atoms with Crippen molar-refractivity contribution in [1.82, 2.24) is 4.68 Å². The van der Waals surface area contributed by atoms with Gasteiger partial charge in [0.2, 0.25) is 6.20 Å². The minimum absolute atomic E-state index is 0.123. The maximum atomic E-state index is 15.9. The van der Waals surface area contributed by atoms with Crippen LogP contribution in [0.5, 0.6) is 0 Å². The first-order valence-corrected chi connectivity index (χ1v) is 12.4. The largest absolute Gasteiger partial charge is 0.493 e. The fourth-order valence-electron chi connectivity index (χ4n) is 4.80. The molecule has 0 unspecified atom stereocenters. The summed E-state index contributed by atoms with van der Waals surface area (Å²) in [7, 11) is 1.83. The van der Waals surface area contributed by atoms with Gasteiger partial charge in [0, 0.05) is 24.9 Å². The molecule has 5 nitrogen and oxygen atoms in total. The van der Waals surface area contributed by atoms with Crippen LogP contribution in [0.4, 0.5) is 23.2 Å². The molecule has 1 aliphatic rings. The monoisotopic (exact) mass is 526 g/mol. The zero-order valence-corrected chi connectivity index (χ0v) is 21.4. The van der Waals surface area contributed by atoms with Gasteiger partial charge >= 0.3 is 5.95 Å². The van der Waals surface area contributed by atoms with E-state index < -0.39 is 23.4 Å². The zero-order chi connectivity index (χ0) is 27.2. The number of halogens is 4. The molecule has 2 heterocycles. The van der Waals surface area contributed by atoms with Gasteiger partial charge in [-0.1, -0.05) is 12.1 Å². The van der Waals surface area contributed by atoms with Gasteiger partial charge in [0.25, 0.3) is 6.57 Å². The molecule has 198 valence electrons. The van der Waals surface area contributed by atoms with Crippen molar-refractivity contribution in [1.29, 1.82) is 0 Å². The Labute approximate surface area is 219 Å². The molecule has 0 bridgehead atoms. The molecule has 0 atom stereocenters. The Hall–Kier alpha value is -3.90. The van der Waals surface area contributed by atoms with E-state index in [1.54, 1.807) is 31.2 Å². The van der Waals surface area contributed by atoms with Crippen molar-refractivity contribution in [3.63, 3.8) is 0 Å². The quantitative estimate of drug-likeness (QED) is 0.156. The molecule has 1 aromatic heterocycles. The van der Waals surface area contributed by atoms with Crippen LogP contribution in [0, 0.1) is 24.0 Å². The van der Waals surface area contributed by atoms with Crippen molar-refractivity contribution >= 4 is 11.3 Å². The van der Waals surface area contributed by atoms with E-state index in [0.717, 1.165) is 31.0 Å². The third-order valence-electron chi connectivity index (χ3n) is 6.74. The van der Waals surface area contributed by atoms with Crippen molar-refractivity contribution in [2.75, 3.05) is 25.1 Å². The summed E-state index contributed by atoms with van der Waals surface area (Å²) in [4.78, 5) is 3.11. The first-order valence-electron chi connectivity index (χ1n) is 12.4. The van der Waals surface area contributed by atoms with E-state index in [4.69, 9.17) is 11.3 Å². The van der Waals surface area contributed by atoms with Gasteiger partial charge in [-0.25, -0.2) is 13.2 Å². The van der Waals surface area contributed by atoms with Gasteiger partial charge in [-0.2, -0.15) is 4.68 Å². The zero-order valence-electron chi connectivity index (χ0n) is 21.4. The lowest BCUT2D eigenvalue weighted by molar-refractivity contribution is -0.797. The van der Waals surface area contributed by atoms with Crippen molar-refractivity contribution in [2.45, 2.75) is 32.2 Å². The molecule has 1 fully saturated rings. The highest BCUT2D eigenvalue weighted by molar-refractivity contribution is 5.84. The molecule has 4 rings (SSSR count). The summed E-state index contributed by atoms with van der Waals surface area (Å²) >= 11 is 0. The van der Waals surface area contributed by atoms with E-state index in [0.29, 0.717) is 35.6 Å². The minimum atomic E-state index is -0.856. The molecule has 1 N–H and O–H groups in total. The second-order valence-corrected chi connectivity index (χ2v) is 9.06. The average Bonchev–Trinajstić information content (AvgIpc) is 3.27. The van der Waals surface area contributed by atoms with Crippen LogP contribution in [0.2, 0.25) is 0 Å². The Bertz CT molecular complexity index is 1410. The summed E-state index contributed by atoms with van der Waals surface area (Å²) in [5.74, 6) is -2.42. The molecule has 0 amide bonds. The van der Waals surface area contributed by atoms with Crippen LogP contribution in [0.25, 0.3) is 21.7 Å². The van der Waals surface area contributed by atoms with Crippen molar-refractivity contribution < 1.29 is 27.0 Å². The van der Waals surface area contributed by atoms with Crippen LogP contribution < -0.4 is 10.00 Å². The van der Waals surface area contributed by atoms with E-state index >= 15 is 4.39 Å². The Morgan fingerprint density at radius 3 is 2.68 bits per heavy atom. The molecule has 1 saturated heterocycles. The summed E-state index contributed by atoms with van der Waals surface area (Å²) in [5, 5.41) is 3.00. The van der Waals surface area contributed by atoms with Crippen molar-refractivity contribution in [3.8, 4) is 17.8 Å². The van der Waals surface area contributed by atoms with Crippen LogP contribution in [-0.2, 0) is 18.2 Å². The lowest BCUT2D eigenvalue weighted by Gasteiger charge is -2.18. The predicted molar refractivity (Wildman–Crippen MR) is 140 cm³/mol. The Morgan fingerprint density at radius 1 is 1.21 bits per heavy atom. The van der Waals surface area contributed by atoms with Crippen LogP contribution >= 0.6 is 0 Å². The maximum absolute atomic E-state index is 15.9. The van der Waals surface area contributed by atoms with Crippen LogP contribution in [0.3, 0.4) is 0 Å². The highest BCUT2D eigenvalue weighted by Gasteiger charge is 2.32. The number of aromatic nitrogens is 2.